The molecule has 1 aliphatic heterocycles. The van der Waals surface area contributed by atoms with Gasteiger partial charge in [0.25, 0.3) is 11.8 Å². The van der Waals surface area contributed by atoms with E-state index in [1.807, 2.05) is 43.3 Å². The van der Waals surface area contributed by atoms with Gasteiger partial charge in [-0.3, -0.25) is 19.2 Å². The van der Waals surface area contributed by atoms with Gasteiger partial charge in [0.1, 0.15) is 0 Å². The number of rotatable bonds is 9. The van der Waals surface area contributed by atoms with Crippen molar-refractivity contribution in [3.05, 3.63) is 60.7 Å². The monoisotopic (exact) mass is 456 g/mol. The highest BCUT2D eigenvalue weighted by Crippen LogP contribution is 2.41. The maximum Gasteiger partial charge on any atom is 0.303 e. The summed E-state index contributed by atoms with van der Waals surface area (Å²) in [7, 11) is 0. The van der Waals surface area contributed by atoms with Gasteiger partial charge < -0.3 is 15.3 Å². The average Bonchev–Trinajstić information content (AvgIpc) is 3.04. The normalized spacial score (nSPS) is 14.6. The molecule has 1 fully saturated rings. The lowest BCUT2D eigenvalue weighted by Crippen LogP contribution is -2.41. The summed E-state index contributed by atoms with van der Waals surface area (Å²) in [5.41, 5.74) is -0.199. The number of nitrogens with zero attached hydrogens (tertiary/aromatic N) is 2. The van der Waals surface area contributed by atoms with Crippen LogP contribution in [0.4, 0.5) is 11.4 Å². The van der Waals surface area contributed by atoms with Gasteiger partial charge >= 0.3 is 11.9 Å². The van der Waals surface area contributed by atoms with E-state index < -0.39 is 24.0 Å². The molecular formula is C24H28N2O7. The third kappa shape index (κ3) is 5.95. The van der Waals surface area contributed by atoms with E-state index in [0.717, 1.165) is 6.42 Å². The molecule has 3 N–H and O–H groups in total. The van der Waals surface area contributed by atoms with E-state index >= 15 is 0 Å². The molecule has 9 nitrogen and oxygen atoms in total. The molecule has 0 bridgehead atoms. The second-order valence-electron chi connectivity index (χ2n) is 7.54. The Kier molecular flexibility index (Phi) is 9.11. The number of carboxylic acid groups (broad SMARTS) is 2. The zero-order chi connectivity index (χ0) is 24.4. The number of unbranched alkanes of at least 4 members (excludes halogenated alkanes) is 1. The summed E-state index contributed by atoms with van der Waals surface area (Å²) in [5.74, 6) is -2.90. The summed E-state index contributed by atoms with van der Waals surface area (Å²) >= 11 is 0. The van der Waals surface area contributed by atoms with Gasteiger partial charge in [0, 0.05) is 0 Å². The Morgan fingerprint density at radius 1 is 0.788 bits per heavy atom. The Morgan fingerprint density at radius 2 is 1.18 bits per heavy atom. The predicted octanol–water partition coefficient (Wildman–Crippen LogP) is 3.09. The van der Waals surface area contributed by atoms with Gasteiger partial charge in [-0.25, -0.2) is 10.0 Å². The number of aliphatic hydroxyl groups is 1. The highest BCUT2D eigenvalue weighted by atomic mass is 16.4. The second kappa shape index (κ2) is 11.8. The Hall–Kier alpha value is -3.72. The highest BCUT2D eigenvalue weighted by molar-refractivity contribution is 6.26. The first-order chi connectivity index (χ1) is 15.8. The lowest BCUT2D eigenvalue weighted by molar-refractivity contribution is -0.143. The van der Waals surface area contributed by atoms with Crippen LogP contribution in [0.25, 0.3) is 0 Å². The molecule has 0 aromatic heterocycles. The third-order valence-corrected chi connectivity index (χ3v) is 5.18. The van der Waals surface area contributed by atoms with Crippen LogP contribution in [0.2, 0.25) is 0 Å². The highest BCUT2D eigenvalue weighted by Gasteiger charge is 2.58. The molecule has 0 aliphatic carbocycles. The third-order valence-electron chi connectivity index (χ3n) is 5.18. The number of carbonyl (C=O) groups is 4. The summed E-state index contributed by atoms with van der Waals surface area (Å²) in [6.45, 7) is 1.51. The van der Waals surface area contributed by atoms with E-state index in [2.05, 4.69) is 0 Å². The van der Waals surface area contributed by atoms with Gasteiger partial charge in [-0.1, -0.05) is 56.2 Å². The average molecular weight is 456 g/mol. The molecule has 2 amide bonds. The van der Waals surface area contributed by atoms with E-state index in [-0.39, 0.29) is 24.7 Å². The first-order valence-corrected chi connectivity index (χ1v) is 10.6. The number of amides is 2. The maximum atomic E-state index is 13.3. The number of anilines is 2. The topological polar surface area (TPSA) is 135 Å². The van der Waals surface area contributed by atoms with E-state index in [9.17, 15) is 24.3 Å². The molecule has 1 heterocycles. The fourth-order valence-electron chi connectivity index (χ4n) is 3.40. The second-order valence-corrected chi connectivity index (χ2v) is 7.54. The first kappa shape index (κ1) is 25.5. The van der Waals surface area contributed by atoms with Crippen molar-refractivity contribution in [3.63, 3.8) is 0 Å². The fourth-order valence-corrected chi connectivity index (χ4v) is 3.40. The summed E-state index contributed by atoms with van der Waals surface area (Å²) < 4.78 is 0. The van der Waals surface area contributed by atoms with Gasteiger partial charge in [-0.05, 0) is 30.7 Å². The Bertz CT molecular complexity index is 892. The molecule has 2 aromatic rings. The van der Waals surface area contributed by atoms with E-state index in [0.29, 0.717) is 24.2 Å². The van der Waals surface area contributed by atoms with Crippen molar-refractivity contribution in [3.8, 4) is 0 Å². The number of aliphatic hydroxyl groups excluding tert-OH is 1. The number of carboxylic acids is 2. The lowest BCUT2D eigenvalue weighted by Gasteiger charge is -2.27. The predicted molar refractivity (Wildman–Crippen MR) is 121 cm³/mol. The van der Waals surface area contributed by atoms with Crippen molar-refractivity contribution in [2.24, 2.45) is 5.41 Å². The number of hydrazine groups is 1. The number of hydrogen-bond acceptors (Lipinski definition) is 5. The van der Waals surface area contributed by atoms with Crippen LogP contribution >= 0.6 is 0 Å². The maximum absolute atomic E-state index is 13.3. The molecule has 33 heavy (non-hydrogen) atoms. The van der Waals surface area contributed by atoms with Crippen LogP contribution < -0.4 is 10.0 Å². The molecule has 3 rings (SSSR count). The molecular weight excluding hydrogens is 428 g/mol. The summed E-state index contributed by atoms with van der Waals surface area (Å²) in [6, 6.07) is 18.1. The largest absolute Gasteiger partial charge is 0.481 e. The van der Waals surface area contributed by atoms with Crippen molar-refractivity contribution in [1.82, 2.24) is 0 Å². The quantitative estimate of drug-likeness (QED) is 0.493. The Morgan fingerprint density at radius 3 is 1.48 bits per heavy atom. The van der Waals surface area contributed by atoms with Crippen molar-refractivity contribution < 1.29 is 34.5 Å². The van der Waals surface area contributed by atoms with Crippen LogP contribution in [0, 0.1) is 5.41 Å². The number of hydrogen-bond donors (Lipinski definition) is 3. The lowest BCUT2D eigenvalue weighted by atomic mass is 9.82. The van der Waals surface area contributed by atoms with Crippen molar-refractivity contribution >= 4 is 35.1 Å². The smallest absolute Gasteiger partial charge is 0.303 e. The van der Waals surface area contributed by atoms with Crippen LogP contribution in [-0.4, -0.2) is 45.7 Å². The first-order valence-electron chi connectivity index (χ1n) is 10.6. The molecule has 0 radical (unpaired) electrons. The number of para-hydroxylation sites is 2. The standard InChI is InChI=1S/C20H22N2O3.C4H6O4/c1-2-3-14-20(15-23)18(24)21(16-10-6-4-7-11-16)22(19(20)25)17-12-8-5-9-13-17;5-3(6)1-2-4(7)8/h4-13,23H,2-3,14-15H2,1H3;1-2H2,(H,5,6)(H,7,8). The van der Waals surface area contributed by atoms with Crippen LogP contribution in [0.5, 0.6) is 0 Å². The van der Waals surface area contributed by atoms with Crippen LogP contribution in [0.15, 0.2) is 60.7 Å². The molecule has 0 saturated carbocycles. The minimum Gasteiger partial charge on any atom is -0.481 e. The van der Waals surface area contributed by atoms with E-state index in [4.69, 9.17) is 10.2 Å². The molecule has 0 spiro atoms. The van der Waals surface area contributed by atoms with Gasteiger partial charge in [0.15, 0.2) is 5.41 Å². The number of benzene rings is 2. The molecule has 176 valence electrons. The van der Waals surface area contributed by atoms with Gasteiger partial charge in [0.2, 0.25) is 0 Å². The Balaban J connectivity index is 0.000000414. The zero-order valence-electron chi connectivity index (χ0n) is 18.4. The molecule has 0 unspecified atom stereocenters. The molecule has 2 aromatic carbocycles. The van der Waals surface area contributed by atoms with E-state index in [1.165, 1.54) is 10.0 Å². The van der Waals surface area contributed by atoms with Crippen molar-refractivity contribution in [2.45, 2.75) is 39.0 Å². The summed E-state index contributed by atoms with van der Waals surface area (Å²) in [4.78, 5) is 45.8. The zero-order valence-corrected chi connectivity index (χ0v) is 18.4. The van der Waals surface area contributed by atoms with Crippen molar-refractivity contribution in [1.29, 1.82) is 0 Å². The van der Waals surface area contributed by atoms with Gasteiger partial charge in [-0.15, -0.1) is 0 Å². The van der Waals surface area contributed by atoms with Gasteiger partial charge in [0.05, 0.1) is 30.8 Å². The number of aliphatic carboxylic acids is 2. The van der Waals surface area contributed by atoms with E-state index in [1.54, 1.807) is 24.3 Å². The molecule has 1 saturated heterocycles. The Labute approximate surface area is 191 Å². The summed E-state index contributed by atoms with van der Waals surface area (Å²) in [5, 5.41) is 28.6. The molecule has 1 aliphatic rings. The number of carbonyl (C=O) groups excluding carboxylic acids is 2. The van der Waals surface area contributed by atoms with Crippen LogP contribution in [-0.2, 0) is 19.2 Å². The fraction of sp³-hybridized carbons (Fsp3) is 0.333. The summed E-state index contributed by atoms with van der Waals surface area (Å²) in [6.07, 6.45) is 1.29. The van der Waals surface area contributed by atoms with Crippen LogP contribution in [0.3, 0.4) is 0 Å². The van der Waals surface area contributed by atoms with Crippen LogP contribution in [0.1, 0.15) is 39.0 Å². The molecule has 9 heteroatoms. The minimum atomic E-state index is -1.41. The van der Waals surface area contributed by atoms with Crippen molar-refractivity contribution in [2.75, 3.05) is 16.6 Å². The van der Waals surface area contributed by atoms with Gasteiger partial charge in [-0.2, -0.15) is 0 Å². The molecule has 0 atom stereocenters. The SMILES string of the molecule is CCCCC1(CO)C(=O)N(c2ccccc2)N(c2ccccc2)C1=O.O=C(O)CCC(=O)O. The minimum absolute atomic E-state index is 0.296.